The van der Waals surface area contributed by atoms with Crippen LogP contribution in [0.2, 0.25) is 0 Å². The van der Waals surface area contributed by atoms with Crippen molar-refractivity contribution >= 4 is 23.1 Å². The number of carbonyl (C=O) groups is 1. The first-order chi connectivity index (χ1) is 11.1. The van der Waals surface area contributed by atoms with Crippen LogP contribution in [-0.4, -0.2) is 21.3 Å². The van der Waals surface area contributed by atoms with E-state index in [2.05, 4.69) is 26.0 Å². The summed E-state index contributed by atoms with van der Waals surface area (Å²) in [5, 5.41) is 15.5. The van der Waals surface area contributed by atoms with Crippen molar-refractivity contribution in [1.29, 1.82) is 0 Å². The number of rotatable bonds is 4. The molecule has 0 bridgehead atoms. The van der Waals surface area contributed by atoms with Crippen LogP contribution in [-0.2, 0) is 0 Å². The second-order valence-electron chi connectivity index (χ2n) is 4.95. The van der Waals surface area contributed by atoms with Crippen LogP contribution in [0.3, 0.4) is 0 Å². The largest absolute Gasteiger partial charge is 0.334 e. The number of H-pyrrole nitrogens is 1. The Hall–Kier alpha value is -3.22. The molecule has 0 aliphatic carbocycles. The van der Waals surface area contributed by atoms with Crippen LogP contribution in [0.4, 0.5) is 21.6 Å². The van der Waals surface area contributed by atoms with Gasteiger partial charge in [-0.15, -0.1) is 10.2 Å². The number of anilines is 3. The van der Waals surface area contributed by atoms with E-state index in [1.54, 1.807) is 30.3 Å². The number of hydrogen-bond donors (Lipinski definition) is 3. The van der Waals surface area contributed by atoms with Crippen molar-refractivity contribution in [1.82, 2.24) is 15.4 Å². The molecule has 0 radical (unpaired) electrons. The van der Waals surface area contributed by atoms with E-state index in [0.717, 1.165) is 5.56 Å². The first kappa shape index (κ1) is 14.7. The molecule has 3 rings (SSSR count). The number of amides is 1. The summed E-state index contributed by atoms with van der Waals surface area (Å²) in [6, 6.07) is 13.5. The molecule has 0 fully saturated rings. The standard InChI is InChI=1S/C16H14FN5O/c1-10-6-8-11(9-7-10)18-16(23)14-15(21-22-20-14)19-13-5-3-2-4-12(13)17/h2-9H,1H3,(H,18,23)(H2,19,20,21,22). The van der Waals surface area contributed by atoms with E-state index in [4.69, 9.17) is 0 Å². The molecule has 0 saturated heterocycles. The molecule has 0 aliphatic heterocycles. The van der Waals surface area contributed by atoms with Gasteiger partial charge < -0.3 is 10.6 Å². The number of aryl methyl sites for hydroxylation is 1. The molecule has 0 aliphatic rings. The molecule has 0 spiro atoms. The third-order valence-electron chi connectivity index (χ3n) is 3.20. The van der Waals surface area contributed by atoms with Crippen LogP contribution in [0.5, 0.6) is 0 Å². The van der Waals surface area contributed by atoms with E-state index in [9.17, 15) is 9.18 Å². The average molecular weight is 311 g/mol. The Morgan fingerprint density at radius 2 is 1.83 bits per heavy atom. The van der Waals surface area contributed by atoms with Crippen LogP contribution < -0.4 is 10.6 Å². The minimum absolute atomic E-state index is 0.0498. The van der Waals surface area contributed by atoms with Gasteiger partial charge in [-0.1, -0.05) is 29.8 Å². The van der Waals surface area contributed by atoms with Crippen molar-refractivity contribution < 1.29 is 9.18 Å². The first-order valence-corrected chi connectivity index (χ1v) is 6.94. The molecule has 7 heteroatoms. The highest BCUT2D eigenvalue weighted by Gasteiger charge is 2.17. The first-order valence-electron chi connectivity index (χ1n) is 6.94. The van der Waals surface area contributed by atoms with Gasteiger partial charge in [-0.3, -0.25) is 4.79 Å². The zero-order chi connectivity index (χ0) is 16.2. The fraction of sp³-hybridized carbons (Fsp3) is 0.0625. The van der Waals surface area contributed by atoms with Crippen molar-refractivity contribution in [3.05, 3.63) is 65.6 Å². The Morgan fingerprint density at radius 3 is 2.57 bits per heavy atom. The predicted molar refractivity (Wildman–Crippen MR) is 85.2 cm³/mol. The lowest BCUT2D eigenvalue weighted by Crippen LogP contribution is -2.14. The summed E-state index contributed by atoms with van der Waals surface area (Å²) in [4.78, 5) is 12.3. The maximum Gasteiger partial charge on any atom is 0.280 e. The molecule has 1 heterocycles. The van der Waals surface area contributed by atoms with Crippen molar-refractivity contribution in [3.63, 3.8) is 0 Å². The van der Waals surface area contributed by atoms with Gasteiger partial charge >= 0.3 is 0 Å². The zero-order valence-electron chi connectivity index (χ0n) is 12.3. The maximum absolute atomic E-state index is 13.7. The maximum atomic E-state index is 13.7. The molecule has 1 amide bonds. The molecule has 116 valence electrons. The van der Waals surface area contributed by atoms with Crippen LogP contribution in [0.1, 0.15) is 16.1 Å². The quantitative estimate of drug-likeness (QED) is 0.690. The summed E-state index contributed by atoms with van der Waals surface area (Å²) < 4.78 is 13.7. The summed E-state index contributed by atoms with van der Waals surface area (Å²) in [5.41, 5.74) is 1.99. The zero-order valence-corrected chi connectivity index (χ0v) is 12.3. The summed E-state index contributed by atoms with van der Waals surface area (Å²) in [7, 11) is 0. The van der Waals surface area contributed by atoms with Gasteiger partial charge in [-0.25, -0.2) is 4.39 Å². The number of para-hydroxylation sites is 1. The van der Waals surface area contributed by atoms with Gasteiger partial charge in [0.05, 0.1) is 5.69 Å². The van der Waals surface area contributed by atoms with E-state index in [1.807, 2.05) is 19.1 Å². The van der Waals surface area contributed by atoms with Gasteiger partial charge in [0.1, 0.15) is 5.82 Å². The highest BCUT2D eigenvalue weighted by Crippen LogP contribution is 2.20. The second kappa shape index (κ2) is 6.27. The minimum Gasteiger partial charge on any atom is -0.334 e. The van der Waals surface area contributed by atoms with E-state index in [0.29, 0.717) is 5.69 Å². The van der Waals surface area contributed by atoms with Crippen molar-refractivity contribution in [2.45, 2.75) is 6.92 Å². The Balaban J connectivity index is 1.79. The van der Waals surface area contributed by atoms with Gasteiger partial charge in [-0.2, -0.15) is 5.21 Å². The number of nitrogens with zero attached hydrogens (tertiary/aromatic N) is 2. The smallest absolute Gasteiger partial charge is 0.280 e. The van der Waals surface area contributed by atoms with Gasteiger partial charge in [0.2, 0.25) is 0 Å². The highest BCUT2D eigenvalue weighted by atomic mass is 19.1. The third kappa shape index (κ3) is 3.34. The molecule has 1 aromatic heterocycles. The lowest BCUT2D eigenvalue weighted by atomic mass is 10.2. The van der Waals surface area contributed by atoms with E-state index < -0.39 is 11.7 Å². The van der Waals surface area contributed by atoms with E-state index in [1.165, 1.54) is 6.07 Å². The van der Waals surface area contributed by atoms with Crippen molar-refractivity contribution in [3.8, 4) is 0 Å². The number of nitrogens with one attached hydrogen (secondary N) is 3. The topological polar surface area (TPSA) is 82.7 Å². The van der Waals surface area contributed by atoms with Crippen molar-refractivity contribution in [2.24, 2.45) is 0 Å². The number of aromatic nitrogens is 3. The Kier molecular flexibility index (Phi) is 4.01. The molecule has 2 aromatic carbocycles. The van der Waals surface area contributed by atoms with Crippen LogP contribution >= 0.6 is 0 Å². The number of carbonyl (C=O) groups excluding carboxylic acids is 1. The SMILES string of the molecule is Cc1ccc(NC(=O)c2n[nH]nc2Nc2ccccc2F)cc1. The summed E-state index contributed by atoms with van der Waals surface area (Å²) in [5.74, 6) is -0.735. The third-order valence-corrected chi connectivity index (χ3v) is 3.20. The summed E-state index contributed by atoms with van der Waals surface area (Å²) in [6.45, 7) is 1.96. The lowest BCUT2D eigenvalue weighted by molar-refractivity contribution is 0.102. The Morgan fingerprint density at radius 1 is 1.09 bits per heavy atom. The van der Waals surface area contributed by atoms with Gasteiger partial charge in [-0.05, 0) is 31.2 Å². The normalized spacial score (nSPS) is 10.3. The van der Waals surface area contributed by atoms with Crippen LogP contribution in [0.25, 0.3) is 0 Å². The summed E-state index contributed by atoms with van der Waals surface area (Å²) >= 11 is 0. The molecule has 6 nitrogen and oxygen atoms in total. The molecule has 3 aromatic rings. The van der Waals surface area contributed by atoms with E-state index in [-0.39, 0.29) is 17.2 Å². The molecule has 0 unspecified atom stereocenters. The molecule has 0 saturated carbocycles. The van der Waals surface area contributed by atoms with E-state index >= 15 is 0 Å². The number of benzene rings is 2. The molecule has 0 atom stereocenters. The van der Waals surface area contributed by atoms with Crippen molar-refractivity contribution in [2.75, 3.05) is 10.6 Å². The van der Waals surface area contributed by atoms with Crippen LogP contribution in [0.15, 0.2) is 48.5 Å². The number of hydrogen-bond acceptors (Lipinski definition) is 4. The Labute approximate surface area is 131 Å². The monoisotopic (exact) mass is 311 g/mol. The molecule has 23 heavy (non-hydrogen) atoms. The number of halogens is 1. The molecular formula is C16H14FN5O. The fourth-order valence-corrected chi connectivity index (χ4v) is 1.99. The number of aromatic amines is 1. The van der Waals surface area contributed by atoms with Gasteiger partial charge in [0, 0.05) is 5.69 Å². The predicted octanol–water partition coefficient (Wildman–Crippen LogP) is 3.25. The fourth-order valence-electron chi connectivity index (χ4n) is 1.99. The average Bonchev–Trinajstić information content (AvgIpc) is 3.00. The van der Waals surface area contributed by atoms with Gasteiger partial charge in [0.25, 0.3) is 5.91 Å². The highest BCUT2D eigenvalue weighted by molar-refractivity contribution is 6.06. The Bertz CT molecular complexity index is 828. The summed E-state index contributed by atoms with van der Waals surface area (Å²) in [6.07, 6.45) is 0. The van der Waals surface area contributed by atoms with Gasteiger partial charge in [0.15, 0.2) is 11.5 Å². The molecule has 3 N–H and O–H groups in total. The van der Waals surface area contributed by atoms with Crippen LogP contribution in [0, 0.1) is 12.7 Å². The second-order valence-corrected chi connectivity index (χ2v) is 4.95. The minimum atomic E-state index is -0.444. The molecular weight excluding hydrogens is 297 g/mol. The lowest BCUT2D eigenvalue weighted by Gasteiger charge is -2.07.